The summed E-state index contributed by atoms with van der Waals surface area (Å²) in [5.74, 6) is -3.00. The molecule has 0 aliphatic rings. The highest BCUT2D eigenvalue weighted by atomic mass is 35.5. The number of hydrogen-bond acceptors (Lipinski definition) is 3. The molecule has 1 atom stereocenters. The van der Waals surface area contributed by atoms with Crippen molar-refractivity contribution >= 4 is 23.5 Å². The Morgan fingerprint density at radius 2 is 1.82 bits per heavy atom. The number of rotatable bonds is 3. The number of hydrogen-bond donors (Lipinski definition) is 3. The second-order valence-corrected chi connectivity index (χ2v) is 2.04. The van der Waals surface area contributed by atoms with Crippen LogP contribution in [0.25, 0.3) is 0 Å². The summed E-state index contributed by atoms with van der Waals surface area (Å²) >= 11 is 5.07. The average Bonchev–Trinajstić information content (AvgIpc) is 1.84. The van der Waals surface area contributed by atoms with Crippen LogP contribution >= 0.6 is 11.6 Å². The van der Waals surface area contributed by atoms with E-state index in [4.69, 9.17) is 26.9 Å². The van der Waals surface area contributed by atoms with E-state index >= 15 is 0 Å². The monoisotopic (exact) mass is 180 g/mol. The van der Waals surface area contributed by atoms with Gasteiger partial charge in [-0.2, -0.15) is 0 Å². The molecule has 0 rings (SSSR count). The van der Waals surface area contributed by atoms with E-state index < -0.39 is 23.1 Å². The van der Waals surface area contributed by atoms with Crippen LogP contribution in [-0.4, -0.2) is 33.4 Å². The maximum Gasteiger partial charge on any atom is 0.338 e. The van der Waals surface area contributed by atoms with Crippen LogP contribution in [-0.2, 0) is 9.59 Å². The Balaban J connectivity index is 4.35. The van der Waals surface area contributed by atoms with Gasteiger partial charge in [0.05, 0.1) is 5.03 Å². The van der Waals surface area contributed by atoms with Crippen molar-refractivity contribution in [2.75, 3.05) is 0 Å². The molecule has 0 saturated heterocycles. The summed E-state index contributed by atoms with van der Waals surface area (Å²) in [5.41, 5.74) is 0. The van der Waals surface area contributed by atoms with E-state index in [1.165, 1.54) is 0 Å². The summed E-state index contributed by atoms with van der Waals surface area (Å²) in [5, 5.41) is 24.1. The number of carboxylic acid groups (broad SMARTS) is 2. The Morgan fingerprint density at radius 3 is 2.09 bits per heavy atom. The van der Waals surface area contributed by atoms with Crippen molar-refractivity contribution < 1.29 is 24.9 Å². The summed E-state index contributed by atoms with van der Waals surface area (Å²) in [4.78, 5) is 19.8. The molecule has 1 unspecified atom stereocenters. The smallest absolute Gasteiger partial charge is 0.338 e. The normalized spacial score (nSPS) is 14.2. The van der Waals surface area contributed by atoms with Crippen molar-refractivity contribution in [2.24, 2.45) is 0 Å². The Morgan fingerprint density at radius 1 is 1.36 bits per heavy atom. The van der Waals surface area contributed by atoms with Gasteiger partial charge in [-0.1, -0.05) is 11.6 Å². The molecule has 0 fully saturated rings. The summed E-state index contributed by atoms with van der Waals surface area (Å²) < 4.78 is 0. The lowest BCUT2D eigenvalue weighted by molar-refractivity contribution is -0.144. The maximum atomic E-state index is 9.95. The van der Waals surface area contributed by atoms with E-state index in [2.05, 4.69) is 0 Å². The first-order chi connectivity index (χ1) is 4.95. The van der Waals surface area contributed by atoms with Crippen LogP contribution in [0.2, 0.25) is 0 Å². The zero-order valence-corrected chi connectivity index (χ0v) is 5.95. The van der Waals surface area contributed by atoms with Crippen molar-refractivity contribution in [2.45, 2.75) is 6.10 Å². The molecular weight excluding hydrogens is 176 g/mol. The lowest BCUT2D eigenvalue weighted by atomic mass is 10.3. The Bertz CT molecular complexity index is 209. The molecule has 0 amide bonds. The van der Waals surface area contributed by atoms with Crippen molar-refractivity contribution in [1.29, 1.82) is 0 Å². The molecule has 0 radical (unpaired) electrons. The second kappa shape index (κ2) is 3.95. The molecule has 0 saturated carbocycles. The van der Waals surface area contributed by atoms with Crippen molar-refractivity contribution in [3.8, 4) is 0 Å². The van der Waals surface area contributed by atoms with Gasteiger partial charge in [-0.3, -0.25) is 0 Å². The zero-order valence-electron chi connectivity index (χ0n) is 5.19. The van der Waals surface area contributed by atoms with Crippen LogP contribution in [0.15, 0.2) is 11.1 Å². The SMILES string of the molecule is O=C(O)/C=C(/Cl)C(O)C(=O)O. The van der Waals surface area contributed by atoms with Gasteiger partial charge in [-0.25, -0.2) is 9.59 Å². The van der Waals surface area contributed by atoms with Gasteiger partial charge in [0.2, 0.25) is 0 Å². The summed E-state index contributed by atoms with van der Waals surface area (Å²) in [6.45, 7) is 0. The van der Waals surface area contributed by atoms with Crippen LogP contribution in [0.5, 0.6) is 0 Å². The highest BCUT2D eigenvalue weighted by Crippen LogP contribution is 2.07. The fourth-order valence-corrected chi connectivity index (χ4v) is 0.502. The van der Waals surface area contributed by atoms with E-state index in [1.54, 1.807) is 0 Å². The number of carboxylic acids is 2. The van der Waals surface area contributed by atoms with Gasteiger partial charge in [0, 0.05) is 6.08 Å². The standard InChI is InChI=1S/C5H5ClO5/c6-2(1-3(7)8)4(9)5(10)11/h1,4,9H,(H,7,8)(H,10,11)/b2-1+. The largest absolute Gasteiger partial charge is 0.479 e. The lowest BCUT2D eigenvalue weighted by Gasteiger charge is -2.00. The number of halogens is 1. The van der Waals surface area contributed by atoms with Crippen LogP contribution in [0.4, 0.5) is 0 Å². The first-order valence-corrected chi connectivity index (χ1v) is 2.84. The van der Waals surface area contributed by atoms with E-state index in [0.717, 1.165) is 0 Å². The van der Waals surface area contributed by atoms with Crippen molar-refractivity contribution in [1.82, 2.24) is 0 Å². The Hall–Kier alpha value is -1.07. The highest BCUT2D eigenvalue weighted by molar-refractivity contribution is 6.32. The third-order valence-electron chi connectivity index (χ3n) is 0.756. The van der Waals surface area contributed by atoms with Crippen LogP contribution in [0.1, 0.15) is 0 Å². The Kier molecular flexibility index (Phi) is 3.56. The molecule has 5 nitrogen and oxygen atoms in total. The van der Waals surface area contributed by atoms with Gasteiger partial charge >= 0.3 is 11.9 Å². The number of aliphatic carboxylic acids is 2. The van der Waals surface area contributed by atoms with Crippen molar-refractivity contribution in [3.63, 3.8) is 0 Å². The van der Waals surface area contributed by atoms with Gasteiger partial charge < -0.3 is 15.3 Å². The zero-order chi connectivity index (χ0) is 9.02. The molecule has 0 heterocycles. The van der Waals surface area contributed by atoms with E-state index in [-0.39, 0.29) is 0 Å². The summed E-state index contributed by atoms with van der Waals surface area (Å²) in [6.07, 6.45) is -1.55. The van der Waals surface area contributed by atoms with Crippen molar-refractivity contribution in [3.05, 3.63) is 11.1 Å². The minimum absolute atomic E-state index is 0.417. The minimum Gasteiger partial charge on any atom is -0.479 e. The third kappa shape index (κ3) is 3.59. The van der Waals surface area contributed by atoms with Crippen LogP contribution in [0, 0.1) is 0 Å². The minimum atomic E-state index is -1.97. The molecule has 3 N–H and O–H groups in total. The molecule has 0 bridgehead atoms. The quantitative estimate of drug-likeness (QED) is 0.516. The van der Waals surface area contributed by atoms with E-state index in [0.29, 0.717) is 6.08 Å². The molecule has 0 aromatic rings. The molecule has 0 spiro atoms. The topological polar surface area (TPSA) is 94.8 Å². The molecule has 6 heteroatoms. The molecule has 11 heavy (non-hydrogen) atoms. The first-order valence-electron chi connectivity index (χ1n) is 2.46. The fourth-order valence-electron chi connectivity index (χ4n) is 0.315. The predicted octanol–water partition coefficient (Wildman–Crippen LogP) is -0.361. The van der Waals surface area contributed by atoms with E-state index in [1.807, 2.05) is 0 Å². The van der Waals surface area contributed by atoms with E-state index in [9.17, 15) is 9.59 Å². The van der Waals surface area contributed by atoms with Gasteiger partial charge in [0.15, 0.2) is 6.10 Å². The number of carbonyl (C=O) groups is 2. The van der Waals surface area contributed by atoms with Gasteiger partial charge in [0.25, 0.3) is 0 Å². The lowest BCUT2D eigenvalue weighted by Crippen LogP contribution is -2.20. The van der Waals surface area contributed by atoms with Gasteiger partial charge in [-0.15, -0.1) is 0 Å². The molecule has 0 aromatic heterocycles. The average molecular weight is 181 g/mol. The fraction of sp³-hybridized carbons (Fsp3) is 0.200. The van der Waals surface area contributed by atoms with Gasteiger partial charge in [-0.05, 0) is 0 Å². The summed E-state index contributed by atoms with van der Waals surface area (Å²) in [6, 6.07) is 0. The van der Waals surface area contributed by atoms with Crippen LogP contribution < -0.4 is 0 Å². The molecule has 0 aromatic carbocycles. The second-order valence-electron chi connectivity index (χ2n) is 1.61. The predicted molar refractivity (Wildman–Crippen MR) is 35.2 cm³/mol. The number of aliphatic hydroxyl groups excluding tert-OH is 1. The Labute approximate surface area is 66.5 Å². The third-order valence-corrected chi connectivity index (χ3v) is 1.07. The van der Waals surface area contributed by atoms with Gasteiger partial charge in [0.1, 0.15) is 0 Å². The number of aliphatic hydroxyl groups is 1. The maximum absolute atomic E-state index is 9.95. The highest BCUT2D eigenvalue weighted by Gasteiger charge is 2.17. The molecule has 0 aliphatic heterocycles. The molecule has 62 valence electrons. The molecular formula is C5H5ClO5. The summed E-state index contributed by atoms with van der Waals surface area (Å²) in [7, 11) is 0. The van der Waals surface area contributed by atoms with Crippen LogP contribution in [0.3, 0.4) is 0 Å². The first kappa shape index (κ1) is 9.93. The molecule has 0 aliphatic carbocycles.